The number of hydrogen-bond acceptors (Lipinski definition) is 5. The summed E-state index contributed by atoms with van der Waals surface area (Å²) in [5.41, 5.74) is 6.67. The third-order valence-corrected chi connectivity index (χ3v) is 3.04. The van der Waals surface area contributed by atoms with Crippen molar-refractivity contribution in [3.05, 3.63) is 48.5 Å². The van der Waals surface area contributed by atoms with Gasteiger partial charge in [0.05, 0.1) is 30.3 Å². The van der Waals surface area contributed by atoms with E-state index in [-0.39, 0.29) is 11.4 Å². The van der Waals surface area contributed by atoms with Crippen molar-refractivity contribution in [2.75, 3.05) is 12.8 Å². The number of nitrogens with zero attached hydrogens (tertiary/aromatic N) is 2. The van der Waals surface area contributed by atoms with Gasteiger partial charge in [-0.05, 0) is 30.3 Å². The van der Waals surface area contributed by atoms with Crippen LogP contribution in [-0.4, -0.2) is 22.3 Å². The Kier molecular flexibility index (Phi) is 3.61. The van der Waals surface area contributed by atoms with E-state index in [0.29, 0.717) is 22.9 Å². The van der Waals surface area contributed by atoms with Crippen LogP contribution in [0.4, 0.5) is 10.1 Å². The Morgan fingerprint density at radius 1 is 1.09 bits per heavy atom. The minimum Gasteiger partial charge on any atom is -0.497 e. The maximum absolute atomic E-state index is 14.1. The van der Waals surface area contributed by atoms with E-state index in [1.54, 1.807) is 37.4 Å². The largest absolute Gasteiger partial charge is 0.497 e. The zero-order valence-electron chi connectivity index (χ0n) is 11.7. The van der Waals surface area contributed by atoms with Gasteiger partial charge in [-0.3, -0.25) is 5.10 Å². The molecule has 6 nitrogen and oxygen atoms in total. The van der Waals surface area contributed by atoms with Crippen molar-refractivity contribution in [3.63, 3.8) is 0 Å². The predicted molar refractivity (Wildman–Crippen MR) is 79.3 cm³/mol. The van der Waals surface area contributed by atoms with Gasteiger partial charge in [-0.1, -0.05) is 0 Å². The molecule has 0 aliphatic carbocycles. The number of pyridine rings is 1. The second-order valence-electron chi connectivity index (χ2n) is 4.47. The fourth-order valence-electron chi connectivity index (χ4n) is 1.94. The summed E-state index contributed by atoms with van der Waals surface area (Å²) in [5.74, 6) is 0.685. The zero-order chi connectivity index (χ0) is 15.5. The third-order valence-electron chi connectivity index (χ3n) is 3.04. The van der Waals surface area contributed by atoms with Crippen LogP contribution in [0.2, 0.25) is 0 Å². The number of aromatic amines is 1. The first kappa shape index (κ1) is 13.9. The molecule has 3 N–H and O–H groups in total. The van der Waals surface area contributed by atoms with Crippen molar-refractivity contribution < 1.29 is 13.9 Å². The molecule has 3 rings (SSSR count). The molecule has 112 valence electrons. The van der Waals surface area contributed by atoms with Crippen LogP contribution in [0, 0.1) is 5.95 Å². The molecule has 22 heavy (non-hydrogen) atoms. The number of nitrogens with two attached hydrogens (primary N) is 1. The Hall–Kier alpha value is -3.09. The summed E-state index contributed by atoms with van der Waals surface area (Å²) in [7, 11) is 1.58. The number of H-pyrrole nitrogens is 1. The molecule has 0 atom stereocenters. The highest BCUT2D eigenvalue weighted by atomic mass is 19.1. The summed E-state index contributed by atoms with van der Waals surface area (Å²) in [5, 5.41) is 6.39. The van der Waals surface area contributed by atoms with Crippen LogP contribution in [0.25, 0.3) is 11.3 Å². The monoisotopic (exact) mass is 300 g/mol. The zero-order valence-corrected chi connectivity index (χ0v) is 11.7. The van der Waals surface area contributed by atoms with Crippen molar-refractivity contribution in [2.24, 2.45) is 0 Å². The lowest BCUT2D eigenvalue weighted by Crippen LogP contribution is -1.96. The molecule has 0 radical (unpaired) electrons. The van der Waals surface area contributed by atoms with Gasteiger partial charge in [0.2, 0.25) is 11.8 Å². The van der Waals surface area contributed by atoms with Gasteiger partial charge in [-0.2, -0.15) is 14.5 Å². The Morgan fingerprint density at radius 3 is 2.41 bits per heavy atom. The number of methoxy groups -OCH3 is 1. The van der Waals surface area contributed by atoms with Crippen molar-refractivity contribution in [2.45, 2.75) is 0 Å². The van der Waals surface area contributed by atoms with E-state index in [1.165, 1.54) is 12.3 Å². The minimum atomic E-state index is -0.693. The first-order valence-corrected chi connectivity index (χ1v) is 6.45. The van der Waals surface area contributed by atoms with E-state index in [1.807, 2.05) is 0 Å². The molecule has 0 aliphatic heterocycles. The second kappa shape index (κ2) is 5.72. The molecule has 0 saturated carbocycles. The number of anilines is 1. The van der Waals surface area contributed by atoms with Gasteiger partial charge in [0.1, 0.15) is 11.5 Å². The average Bonchev–Trinajstić information content (AvgIpc) is 2.94. The van der Waals surface area contributed by atoms with Crippen molar-refractivity contribution in [1.82, 2.24) is 15.2 Å². The number of rotatable bonds is 4. The summed E-state index contributed by atoms with van der Waals surface area (Å²) < 4.78 is 24.7. The van der Waals surface area contributed by atoms with E-state index in [4.69, 9.17) is 15.2 Å². The van der Waals surface area contributed by atoms with E-state index in [9.17, 15) is 4.39 Å². The first-order valence-electron chi connectivity index (χ1n) is 6.45. The SMILES string of the molecule is COc1ccc(Oc2ccc(-c3[nH]ncc3N)c(F)n2)cc1. The first-order chi connectivity index (χ1) is 10.7. The molecule has 0 bridgehead atoms. The maximum Gasteiger partial charge on any atom is 0.225 e. The average molecular weight is 300 g/mol. The Bertz CT molecular complexity index is 786. The van der Waals surface area contributed by atoms with Gasteiger partial charge in [0.25, 0.3) is 0 Å². The quantitative estimate of drug-likeness (QED) is 0.723. The van der Waals surface area contributed by atoms with Crippen LogP contribution in [0.5, 0.6) is 17.4 Å². The third kappa shape index (κ3) is 2.69. The fourth-order valence-corrected chi connectivity index (χ4v) is 1.94. The molecule has 0 spiro atoms. The van der Waals surface area contributed by atoms with Crippen molar-refractivity contribution in [3.8, 4) is 28.6 Å². The lowest BCUT2D eigenvalue weighted by atomic mass is 10.2. The van der Waals surface area contributed by atoms with Gasteiger partial charge >= 0.3 is 0 Å². The number of halogens is 1. The van der Waals surface area contributed by atoms with Gasteiger partial charge in [-0.15, -0.1) is 0 Å². The summed E-state index contributed by atoms with van der Waals surface area (Å²) in [6.45, 7) is 0. The topological polar surface area (TPSA) is 86.0 Å². The van der Waals surface area contributed by atoms with Crippen LogP contribution in [0.3, 0.4) is 0 Å². The molecule has 0 saturated heterocycles. The molecular formula is C15H13FN4O2. The molecule has 3 aromatic rings. The lowest BCUT2D eigenvalue weighted by molar-refractivity contribution is 0.411. The number of aromatic nitrogens is 3. The number of benzene rings is 1. The van der Waals surface area contributed by atoms with Gasteiger partial charge < -0.3 is 15.2 Å². The highest BCUT2D eigenvalue weighted by Gasteiger charge is 2.13. The highest BCUT2D eigenvalue weighted by Crippen LogP contribution is 2.28. The smallest absolute Gasteiger partial charge is 0.225 e. The van der Waals surface area contributed by atoms with Crippen LogP contribution in [-0.2, 0) is 0 Å². The van der Waals surface area contributed by atoms with E-state index < -0.39 is 5.95 Å². The highest BCUT2D eigenvalue weighted by molar-refractivity contribution is 5.71. The predicted octanol–water partition coefficient (Wildman–Crippen LogP) is 2.99. The van der Waals surface area contributed by atoms with Crippen molar-refractivity contribution >= 4 is 5.69 Å². The Morgan fingerprint density at radius 2 is 1.82 bits per heavy atom. The van der Waals surface area contributed by atoms with Crippen LogP contribution in [0.15, 0.2) is 42.6 Å². The van der Waals surface area contributed by atoms with E-state index in [0.717, 1.165) is 0 Å². The van der Waals surface area contributed by atoms with Gasteiger partial charge in [-0.25, -0.2) is 0 Å². The molecule has 7 heteroatoms. The van der Waals surface area contributed by atoms with Crippen LogP contribution in [0.1, 0.15) is 0 Å². The molecule has 0 fully saturated rings. The Balaban J connectivity index is 1.84. The molecular weight excluding hydrogens is 287 g/mol. The molecule has 0 unspecified atom stereocenters. The normalized spacial score (nSPS) is 10.5. The summed E-state index contributed by atoms with van der Waals surface area (Å²) >= 11 is 0. The number of nitrogen functional groups attached to an aromatic ring is 1. The minimum absolute atomic E-state index is 0.143. The van der Waals surface area contributed by atoms with Crippen LogP contribution >= 0.6 is 0 Å². The summed E-state index contributed by atoms with van der Waals surface area (Å²) in [4.78, 5) is 3.78. The number of nitrogens with one attached hydrogen (secondary N) is 1. The molecule has 0 amide bonds. The summed E-state index contributed by atoms with van der Waals surface area (Å²) in [6.07, 6.45) is 1.41. The van der Waals surface area contributed by atoms with Gasteiger partial charge in [0, 0.05) is 6.07 Å². The van der Waals surface area contributed by atoms with Gasteiger partial charge in [0.15, 0.2) is 0 Å². The molecule has 2 aromatic heterocycles. The van der Waals surface area contributed by atoms with Crippen LogP contribution < -0.4 is 15.2 Å². The van der Waals surface area contributed by atoms with E-state index >= 15 is 0 Å². The van der Waals surface area contributed by atoms with Crippen molar-refractivity contribution in [1.29, 1.82) is 0 Å². The number of hydrogen-bond donors (Lipinski definition) is 2. The fraction of sp³-hybridized carbons (Fsp3) is 0.0667. The molecule has 2 heterocycles. The maximum atomic E-state index is 14.1. The molecule has 0 aliphatic rings. The number of ether oxygens (including phenoxy) is 2. The molecule has 1 aromatic carbocycles. The lowest BCUT2D eigenvalue weighted by Gasteiger charge is -2.07. The van der Waals surface area contributed by atoms with E-state index in [2.05, 4.69) is 15.2 Å². The standard InChI is InChI=1S/C15H13FN4O2/c1-21-9-2-4-10(5-3-9)22-13-7-6-11(15(16)19-13)14-12(17)8-18-20-14/h2-8H,17H2,1H3,(H,18,20). The summed E-state index contributed by atoms with van der Waals surface area (Å²) in [6, 6.07) is 9.99. The second-order valence-corrected chi connectivity index (χ2v) is 4.47. The Labute approximate surface area is 125 Å².